The fraction of sp³-hybridized carbons (Fsp3) is 0.642. The lowest BCUT2D eigenvalue weighted by Gasteiger charge is -2.37. The van der Waals surface area contributed by atoms with Crippen molar-refractivity contribution in [3.63, 3.8) is 0 Å². The van der Waals surface area contributed by atoms with E-state index in [0.717, 1.165) is 63.2 Å². The summed E-state index contributed by atoms with van der Waals surface area (Å²) in [5.41, 5.74) is 0.923. The van der Waals surface area contributed by atoms with Gasteiger partial charge in [-0.25, -0.2) is 14.4 Å². The molecular weight excluding hydrogens is 1200 g/mol. The second-order valence-corrected chi connectivity index (χ2v) is 25.2. The van der Waals surface area contributed by atoms with Crippen LogP contribution in [0.1, 0.15) is 146 Å². The Morgan fingerprint density at radius 3 is 1.47 bits per heavy atom. The largest absolute Gasteiger partial charge is 0.511 e. The van der Waals surface area contributed by atoms with Crippen molar-refractivity contribution in [3.8, 4) is 0 Å². The van der Waals surface area contributed by atoms with Gasteiger partial charge in [-0.1, -0.05) is 99.8 Å². The Labute approximate surface area is 547 Å². The molecule has 2 aromatic rings. The summed E-state index contributed by atoms with van der Waals surface area (Å²) in [4.78, 5) is 128. The molecule has 3 fully saturated rings. The van der Waals surface area contributed by atoms with Crippen molar-refractivity contribution in [2.24, 2.45) is 11.3 Å². The molecule has 6 amide bonds. The van der Waals surface area contributed by atoms with Crippen molar-refractivity contribution in [2.75, 3.05) is 85.1 Å². The minimum Gasteiger partial charge on any atom is -0.511 e. The molecule has 93 heavy (non-hydrogen) atoms. The van der Waals surface area contributed by atoms with Crippen LogP contribution in [0.2, 0.25) is 0 Å². The van der Waals surface area contributed by atoms with Crippen molar-refractivity contribution in [3.05, 3.63) is 84.1 Å². The molecule has 3 aliphatic heterocycles. The molecule has 2 bridgehead atoms. The van der Waals surface area contributed by atoms with Crippen LogP contribution in [0, 0.1) is 11.3 Å². The highest BCUT2D eigenvalue weighted by Crippen LogP contribution is 2.19. The molecular formula is C67H106N12O14. The molecule has 3 aliphatic rings. The number of carbonyl (C=O) groups excluding carboxylic acids is 7. The summed E-state index contributed by atoms with van der Waals surface area (Å²) in [5.74, 6) is -6.86. The molecule has 0 aromatic heterocycles. The average molecular weight is 1300 g/mol. The molecule has 3 saturated heterocycles. The number of carboxylic acid groups (broad SMARTS) is 3. The Balaban J connectivity index is 1.20. The van der Waals surface area contributed by atoms with Crippen LogP contribution >= 0.6 is 0 Å². The monoisotopic (exact) mass is 1300 g/mol. The predicted octanol–water partition coefficient (Wildman–Crippen LogP) is 2.90. The number of benzene rings is 2. The van der Waals surface area contributed by atoms with Crippen LogP contribution in [-0.4, -0.2) is 194 Å². The number of aliphatic hydroxyl groups excluding tert-OH is 1. The Morgan fingerprint density at radius 1 is 0.473 bits per heavy atom. The molecule has 0 radical (unpaired) electrons. The number of ketones is 2. The lowest BCUT2D eigenvalue weighted by atomic mass is 9.89. The van der Waals surface area contributed by atoms with E-state index in [1.54, 1.807) is 0 Å². The number of fused-ring (bicyclic) bond motifs is 15. The van der Waals surface area contributed by atoms with Crippen LogP contribution in [-0.2, 0) is 56.0 Å². The highest BCUT2D eigenvalue weighted by Gasteiger charge is 2.34. The lowest BCUT2D eigenvalue weighted by Crippen LogP contribution is -2.66. The van der Waals surface area contributed by atoms with Crippen LogP contribution < -0.4 is 63.8 Å². The molecule has 2 aromatic carbocycles. The molecule has 26 heteroatoms. The van der Waals surface area contributed by atoms with E-state index in [4.69, 9.17) is 5.11 Å². The van der Waals surface area contributed by atoms with Gasteiger partial charge < -0.3 is 84.2 Å². The molecule has 0 aliphatic carbocycles. The number of hydrogen-bond donors (Lipinski definition) is 16. The van der Waals surface area contributed by atoms with Gasteiger partial charge in [0.2, 0.25) is 23.6 Å². The average Bonchev–Trinajstić information content (AvgIpc) is 1.03. The maximum Gasteiger partial charge on any atom is 0.326 e. The van der Waals surface area contributed by atoms with E-state index in [2.05, 4.69) is 77.3 Å². The van der Waals surface area contributed by atoms with Crippen LogP contribution in [0.3, 0.4) is 0 Å². The quantitative estimate of drug-likeness (QED) is 0.0336. The Hall–Kier alpha value is -7.36. The van der Waals surface area contributed by atoms with Crippen LogP contribution in [0.4, 0.5) is 4.79 Å². The van der Waals surface area contributed by atoms with Crippen molar-refractivity contribution < 1.29 is 68.4 Å². The van der Waals surface area contributed by atoms with Gasteiger partial charge in [-0.3, -0.25) is 33.6 Å². The summed E-state index contributed by atoms with van der Waals surface area (Å²) in [6, 6.07) is 12.8. The number of amides is 6. The molecule has 16 N–H and O–H groups in total. The third-order valence-electron chi connectivity index (χ3n) is 16.7. The predicted molar refractivity (Wildman–Crippen MR) is 353 cm³/mol. The maximum absolute atomic E-state index is 14.5. The van der Waals surface area contributed by atoms with Gasteiger partial charge in [0.25, 0.3) is 0 Å². The third kappa shape index (κ3) is 33.9. The molecule has 0 spiro atoms. The zero-order chi connectivity index (χ0) is 67.7. The lowest BCUT2D eigenvalue weighted by molar-refractivity contribution is -0.143. The van der Waals surface area contributed by atoms with Crippen molar-refractivity contribution >= 4 is 59.1 Å². The molecule has 5 rings (SSSR count). The molecule has 0 saturated carbocycles. The van der Waals surface area contributed by atoms with Gasteiger partial charge in [0.15, 0.2) is 5.78 Å². The topological polar surface area (TPSA) is 396 Å². The number of aliphatic hydroxyl groups is 1. The first-order valence-corrected chi connectivity index (χ1v) is 33.3. The Kier molecular flexibility index (Phi) is 37.2. The van der Waals surface area contributed by atoms with Gasteiger partial charge >= 0.3 is 23.9 Å². The summed E-state index contributed by atoms with van der Waals surface area (Å²) in [6.07, 6.45) is 6.22. The van der Waals surface area contributed by atoms with E-state index in [1.165, 1.54) is 0 Å². The summed E-state index contributed by atoms with van der Waals surface area (Å²) in [6.45, 7) is 14.6. The fourth-order valence-corrected chi connectivity index (χ4v) is 11.3. The number of carbonyl (C=O) groups is 10. The number of hydrogen-bond acceptors (Lipinski definition) is 17. The van der Waals surface area contributed by atoms with Gasteiger partial charge in [0.05, 0.1) is 17.6 Å². The van der Waals surface area contributed by atoms with Crippen molar-refractivity contribution in [1.82, 2.24) is 63.8 Å². The summed E-state index contributed by atoms with van der Waals surface area (Å²) in [5, 5.41) is 76.2. The van der Waals surface area contributed by atoms with Crippen LogP contribution in [0.5, 0.6) is 0 Å². The normalized spacial score (nSPS) is 18.9. The van der Waals surface area contributed by atoms with Gasteiger partial charge in [-0.15, -0.1) is 0 Å². The Morgan fingerprint density at radius 2 is 0.935 bits per heavy atom. The number of Topliss-reactive ketones (excluding diaryl/α,β-unsaturated/α-hetero) is 2. The number of nitrogens with one attached hydrogen (secondary N) is 12. The Bertz CT molecular complexity index is 2610. The highest BCUT2D eigenvalue weighted by molar-refractivity contribution is 5.94. The third-order valence-corrected chi connectivity index (χ3v) is 16.7. The van der Waals surface area contributed by atoms with Gasteiger partial charge in [-0.2, -0.15) is 0 Å². The summed E-state index contributed by atoms with van der Waals surface area (Å²) >= 11 is 0. The molecule has 26 nitrogen and oxygen atoms in total. The highest BCUT2D eigenvalue weighted by atomic mass is 16.4. The summed E-state index contributed by atoms with van der Waals surface area (Å²) < 4.78 is 0. The first-order chi connectivity index (χ1) is 44.6. The second-order valence-electron chi connectivity index (χ2n) is 25.2. The smallest absolute Gasteiger partial charge is 0.326 e. The molecule has 5 atom stereocenters. The standard InChI is InChI=1S/C67H106N12O14/c1-48(80)53(77-65(93)78-55(64(91)92)30-31-61(86)87)25-14-7-13-24-52(81)23-12-3-4-15-27-58(83)74-32-17-16-26-54(63(89)90)76-62(88)51(39-49-19-8-5-9-20-49)41-57(82)56(40-50-21-10-6-11-22-50)75-59(84)28-18-29-60(85)79-67-45-71-36-33-68-42-66(2,43-69-34-37-72-46-67)44-70-35-38-73-47-67/h5-6,8-11,19-22,51,53-56,68-73,80H,1,3-4,7,12-18,23-47H2,2H3,(H,74,83)(H,75,84)(H,76,88)(H,79,85)(H,86,87)(H,89,90)(H,91,92)(H2,77,78,93). The van der Waals surface area contributed by atoms with E-state index in [0.29, 0.717) is 104 Å². The van der Waals surface area contributed by atoms with Gasteiger partial charge in [-0.05, 0) is 81.8 Å². The number of rotatable bonds is 41. The first-order valence-electron chi connectivity index (χ1n) is 33.3. The van der Waals surface area contributed by atoms with E-state index < -0.39 is 83.6 Å². The van der Waals surface area contributed by atoms with Crippen LogP contribution in [0.25, 0.3) is 0 Å². The van der Waals surface area contributed by atoms with E-state index >= 15 is 0 Å². The number of unbranched alkanes of at least 4 members (excludes halogenated alkanes) is 6. The first kappa shape index (κ1) is 78.1. The van der Waals surface area contributed by atoms with Crippen molar-refractivity contribution in [2.45, 2.75) is 178 Å². The van der Waals surface area contributed by atoms with Gasteiger partial charge in [0, 0.05) is 141 Å². The molecule has 518 valence electrons. The summed E-state index contributed by atoms with van der Waals surface area (Å²) in [7, 11) is 0. The van der Waals surface area contributed by atoms with E-state index in [1.807, 2.05) is 60.7 Å². The minimum absolute atomic E-state index is 0.0318. The number of aliphatic carboxylic acids is 3. The van der Waals surface area contributed by atoms with E-state index in [9.17, 15) is 63.3 Å². The number of carboxylic acids is 3. The van der Waals surface area contributed by atoms with Crippen LogP contribution in [0.15, 0.2) is 73.0 Å². The van der Waals surface area contributed by atoms with Crippen molar-refractivity contribution in [1.29, 1.82) is 0 Å². The minimum atomic E-state index is -1.43. The molecule has 3 heterocycles. The zero-order valence-electron chi connectivity index (χ0n) is 54.5. The fourth-order valence-electron chi connectivity index (χ4n) is 11.3. The zero-order valence-corrected chi connectivity index (χ0v) is 54.5. The maximum atomic E-state index is 14.5. The second kappa shape index (κ2) is 44.3. The number of urea groups is 1. The molecule has 5 unspecified atom stereocenters. The van der Waals surface area contributed by atoms with Gasteiger partial charge in [0.1, 0.15) is 23.6 Å². The SMILES string of the molecule is C=C(O)C(CCCCCC(=O)CCCCCCC(=O)NCCCCC(NC(=O)C(CC(=O)C(Cc1ccccc1)NC(=O)CCCC(=O)NC12CNCCNCC(C)(CNCCNC1)CNCCNC2)Cc1ccccc1)C(=O)O)NC(=O)NC(CCC(=O)O)C(=O)O. The van der Waals surface area contributed by atoms with E-state index in [-0.39, 0.29) is 93.0 Å².